The molecule has 1 amide bonds. The summed E-state index contributed by atoms with van der Waals surface area (Å²) < 4.78 is 5.91. The summed E-state index contributed by atoms with van der Waals surface area (Å²) >= 11 is 0. The van der Waals surface area contributed by atoms with Gasteiger partial charge in [0.05, 0.1) is 30.7 Å². The number of carbonyl (C=O) groups is 1. The number of amides is 1. The Morgan fingerprint density at radius 2 is 2.12 bits per heavy atom. The Hall–Kier alpha value is -2.61. The van der Waals surface area contributed by atoms with Gasteiger partial charge in [-0.1, -0.05) is 0 Å². The van der Waals surface area contributed by atoms with E-state index in [0.717, 1.165) is 19.0 Å². The Bertz CT molecular complexity index is 698. The first-order valence-corrected chi connectivity index (χ1v) is 8.00. The van der Waals surface area contributed by atoms with E-state index in [1.54, 1.807) is 18.5 Å². The van der Waals surface area contributed by atoms with E-state index < -0.39 is 0 Å². The molecule has 2 aromatic heterocycles. The number of nitrogens with zero attached hydrogens (tertiary/aromatic N) is 5. The minimum atomic E-state index is -0.130. The molecule has 2 fully saturated rings. The second-order valence-corrected chi connectivity index (χ2v) is 6.09. The van der Waals surface area contributed by atoms with E-state index in [4.69, 9.17) is 4.74 Å². The predicted octanol–water partition coefficient (Wildman–Crippen LogP) is 0.148. The van der Waals surface area contributed by atoms with Crippen molar-refractivity contribution in [2.24, 2.45) is 11.8 Å². The predicted molar refractivity (Wildman–Crippen MR) is 85.3 cm³/mol. The third kappa shape index (κ3) is 2.92. The lowest BCUT2D eigenvalue weighted by atomic mass is 9.93. The van der Waals surface area contributed by atoms with Gasteiger partial charge in [-0.25, -0.2) is 9.97 Å². The minimum absolute atomic E-state index is 0.130. The molecule has 3 atom stereocenters. The van der Waals surface area contributed by atoms with Gasteiger partial charge >= 0.3 is 0 Å². The highest BCUT2D eigenvalue weighted by molar-refractivity contribution is 5.93. The number of ether oxygens (including phenoxy) is 1. The molecule has 4 rings (SSSR count). The molecule has 2 aromatic rings. The van der Waals surface area contributed by atoms with Crippen molar-refractivity contribution in [3.63, 3.8) is 0 Å². The average Bonchev–Trinajstić information content (AvgIpc) is 3.22. The van der Waals surface area contributed by atoms with E-state index in [-0.39, 0.29) is 12.0 Å². The molecule has 4 heterocycles. The quantitative estimate of drug-likeness (QED) is 0.854. The molecule has 8 heteroatoms. The number of hydrogen-bond donors (Lipinski definition) is 1. The van der Waals surface area contributed by atoms with Crippen molar-refractivity contribution >= 4 is 11.9 Å². The lowest BCUT2D eigenvalue weighted by Gasteiger charge is -2.19. The summed E-state index contributed by atoms with van der Waals surface area (Å²) in [5, 5.41) is 10.4. The van der Waals surface area contributed by atoms with Crippen LogP contribution in [0.25, 0.3) is 0 Å². The number of aromatic nitrogens is 4. The van der Waals surface area contributed by atoms with E-state index in [2.05, 4.69) is 30.4 Å². The van der Waals surface area contributed by atoms with E-state index in [1.165, 1.54) is 12.4 Å². The Morgan fingerprint density at radius 3 is 2.92 bits per heavy atom. The third-order valence-electron chi connectivity index (χ3n) is 4.65. The van der Waals surface area contributed by atoms with Crippen molar-refractivity contribution in [2.45, 2.75) is 6.10 Å². The van der Waals surface area contributed by atoms with Crippen molar-refractivity contribution in [1.29, 1.82) is 0 Å². The number of carbonyl (C=O) groups excluding carboxylic acids is 1. The van der Waals surface area contributed by atoms with Crippen LogP contribution in [0.2, 0.25) is 0 Å². The van der Waals surface area contributed by atoms with Crippen LogP contribution in [-0.4, -0.2) is 58.4 Å². The third-order valence-corrected chi connectivity index (χ3v) is 4.65. The molecule has 0 unspecified atom stereocenters. The number of nitrogens with one attached hydrogen (secondary N) is 1. The maximum atomic E-state index is 12.1. The SMILES string of the molecule is O=C(NC[C@@H]1CO[C@@H]2CN(c3ncccn3)C[C@H]12)c1ccnnc1. The molecule has 2 aliphatic rings. The van der Waals surface area contributed by atoms with E-state index in [1.807, 2.05) is 6.07 Å². The second kappa shape index (κ2) is 6.48. The van der Waals surface area contributed by atoms with Gasteiger partial charge in [0.1, 0.15) is 0 Å². The Labute approximate surface area is 139 Å². The van der Waals surface area contributed by atoms with Crippen molar-refractivity contribution in [2.75, 3.05) is 31.1 Å². The summed E-state index contributed by atoms with van der Waals surface area (Å²) in [6.07, 6.45) is 6.65. The fourth-order valence-electron chi connectivity index (χ4n) is 3.38. The Balaban J connectivity index is 1.35. The number of fused-ring (bicyclic) bond motifs is 1. The topological polar surface area (TPSA) is 93.1 Å². The molecule has 8 nitrogen and oxygen atoms in total. The largest absolute Gasteiger partial charge is 0.376 e. The van der Waals surface area contributed by atoms with Gasteiger partial charge in [-0.2, -0.15) is 10.2 Å². The average molecular weight is 326 g/mol. The fraction of sp³-hybridized carbons (Fsp3) is 0.438. The molecule has 0 bridgehead atoms. The van der Waals surface area contributed by atoms with Crippen LogP contribution in [0, 0.1) is 11.8 Å². The van der Waals surface area contributed by atoms with Gasteiger partial charge in [0.2, 0.25) is 5.95 Å². The maximum Gasteiger partial charge on any atom is 0.252 e. The first-order chi connectivity index (χ1) is 11.8. The maximum absolute atomic E-state index is 12.1. The summed E-state index contributed by atoms with van der Waals surface area (Å²) in [4.78, 5) is 22.9. The van der Waals surface area contributed by atoms with Gasteiger partial charge in [0.25, 0.3) is 5.91 Å². The summed E-state index contributed by atoms with van der Waals surface area (Å²) in [5.41, 5.74) is 0.520. The Morgan fingerprint density at radius 1 is 1.25 bits per heavy atom. The normalized spacial score (nSPS) is 25.5. The zero-order chi connectivity index (χ0) is 16.4. The van der Waals surface area contributed by atoms with Crippen molar-refractivity contribution < 1.29 is 9.53 Å². The van der Waals surface area contributed by atoms with Crippen molar-refractivity contribution in [3.8, 4) is 0 Å². The second-order valence-electron chi connectivity index (χ2n) is 6.09. The smallest absolute Gasteiger partial charge is 0.252 e. The summed E-state index contributed by atoms with van der Waals surface area (Å²) in [6.45, 7) is 2.92. The molecule has 2 saturated heterocycles. The molecule has 24 heavy (non-hydrogen) atoms. The van der Waals surface area contributed by atoms with Gasteiger partial charge in [0, 0.05) is 43.9 Å². The van der Waals surface area contributed by atoms with Gasteiger partial charge in [0.15, 0.2) is 0 Å². The van der Waals surface area contributed by atoms with Crippen LogP contribution in [-0.2, 0) is 4.74 Å². The zero-order valence-electron chi connectivity index (χ0n) is 13.1. The molecule has 0 aromatic carbocycles. The molecule has 0 aliphatic carbocycles. The molecule has 124 valence electrons. The molecular weight excluding hydrogens is 308 g/mol. The van der Waals surface area contributed by atoms with Crippen LogP contribution < -0.4 is 10.2 Å². The van der Waals surface area contributed by atoms with Crippen molar-refractivity contribution in [3.05, 3.63) is 42.5 Å². The van der Waals surface area contributed by atoms with Crippen LogP contribution >= 0.6 is 0 Å². The number of anilines is 1. The fourth-order valence-corrected chi connectivity index (χ4v) is 3.38. The van der Waals surface area contributed by atoms with Crippen LogP contribution in [0.3, 0.4) is 0 Å². The molecule has 0 radical (unpaired) electrons. The monoisotopic (exact) mass is 326 g/mol. The van der Waals surface area contributed by atoms with E-state index >= 15 is 0 Å². The van der Waals surface area contributed by atoms with Gasteiger partial charge < -0.3 is 15.0 Å². The number of rotatable bonds is 4. The van der Waals surface area contributed by atoms with Crippen molar-refractivity contribution in [1.82, 2.24) is 25.5 Å². The van der Waals surface area contributed by atoms with Gasteiger partial charge in [-0.05, 0) is 12.1 Å². The molecule has 0 spiro atoms. The molecule has 2 aliphatic heterocycles. The van der Waals surface area contributed by atoms with Gasteiger partial charge in [-0.15, -0.1) is 0 Å². The summed E-state index contributed by atoms with van der Waals surface area (Å²) in [5.74, 6) is 1.28. The highest BCUT2D eigenvalue weighted by Gasteiger charge is 2.44. The molecule has 0 saturated carbocycles. The molecule has 1 N–H and O–H groups in total. The first-order valence-electron chi connectivity index (χ1n) is 8.00. The van der Waals surface area contributed by atoms with Crippen LogP contribution in [0.5, 0.6) is 0 Å². The number of hydrogen-bond acceptors (Lipinski definition) is 7. The summed E-state index contributed by atoms with van der Waals surface area (Å²) in [6, 6.07) is 3.46. The lowest BCUT2D eigenvalue weighted by molar-refractivity contribution is 0.0939. The van der Waals surface area contributed by atoms with E-state index in [0.29, 0.717) is 30.6 Å². The van der Waals surface area contributed by atoms with Crippen LogP contribution in [0.1, 0.15) is 10.4 Å². The standard InChI is InChI=1S/C16H18N6O2/c23-15(11-2-5-20-21-7-11)19-6-12-10-24-14-9-22(8-13(12)14)16-17-3-1-4-18-16/h1-5,7,12-14H,6,8-10H2,(H,19,23)/t12-,13-,14-/m1/s1. The van der Waals surface area contributed by atoms with Crippen LogP contribution in [0.4, 0.5) is 5.95 Å². The first kappa shape index (κ1) is 14.9. The Kier molecular flexibility index (Phi) is 4.04. The van der Waals surface area contributed by atoms with Crippen LogP contribution in [0.15, 0.2) is 36.9 Å². The highest BCUT2D eigenvalue weighted by Crippen LogP contribution is 2.34. The van der Waals surface area contributed by atoms with E-state index in [9.17, 15) is 4.79 Å². The highest BCUT2D eigenvalue weighted by atomic mass is 16.5. The summed E-state index contributed by atoms with van der Waals surface area (Å²) in [7, 11) is 0. The van der Waals surface area contributed by atoms with Gasteiger partial charge in [-0.3, -0.25) is 4.79 Å². The lowest BCUT2D eigenvalue weighted by Crippen LogP contribution is -2.34. The zero-order valence-corrected chi connectivity index (χ0v) is 13.1. The minimum Gasteiger partial charge on any atom is -0.376 e. The molecular formula is C16H18N6O2.